The fourth-order valence-electron chi connectivity index (χ4n) is 2.25. The van der Waals surface area contributed by atoms with E-state index in [1.807, 2.05) is 19.1 Å². The number of aliphatic hydroxyl groups is 1. The summed E-state index contributed by atoms with van der Waals surface area (Å²) in [6.07, 6.45) is 5.98. The van der Waals surface area contributed by atoms with Crippen molar-refractivity contribution in [1.29, 1.82) is 0 Å². The Morgan fingerprint density at radius 1 is 1.04 bits per heavy atom. The van der Waals surface area contributed by atoms with Crippen LogP contribution in [0.15, 0.2) is 24.0 Å². The number of carbonyl (C=O) groups excluding carboxylic acids is 1. The highest BCUT2D eigenvalue weighted by Crippen LogP contribution is 2.31. The maximum absolute atomic E-state index is 12.4. The van der Waals surface area contributed by atoms with E-state index >= 15 is 0 Å². The van der Waals surface area contributed by atoms with E-state index in [0.29, 0.717) is 24.5 Å². The molecule has 0 aliphatic rings. The molecule has 0 amide bonds. The van der Waals surface area contributed by atoms with Gasteiger partial charge in [0.25, 0.3) is 0 Å². The summed E-state index contributed by atoms with van der Waals surface area (Å²) in [5, 5.41) is 9.39. The first kappa shape index (κ1) is 20.1. The first-order valence-electron chi connectivity index (χ1n) is 8.87. The molecule has 0 radical (unpaired) electrons. The molecule has 0 fully saturated rings. The molecule has 0 aromatic heterocycles. The van der Waals surface area contributed by atoms with Crippen LogP contribution < -0.4 is 9.47 Å². The van der Waals surface area contributed by atoms with Crippen molar-refractivity contribution in [3.05, 3.63) is 35.1 Å². The highest BCUT2D eigenvalue weighted by molar-refractivity contribution is 6.07. The van der Waals surface area contributed by atoms with E-state index in [2.05, 4.69) is 13.8 Å². The molecule has 0 unspecified atom stereocenters. The lowest BCUT2D eigenvalue weighted by atomic mass is 10.0. The Kier molecular flexibility index (Phi) is 8.98. The molecule has 0 aliphatic carbocycles. The van der Waals surface area contributed by atoms with Crippen molar-refractivity contribution in [2.45, 2.75) is 59.8 Å². The van der Waals surface area contributed by atoms with Crippen LogP contribution in [0.1, 0.15) is 69.3 Å². The number of hydrogen-bond acceptors (Lipinski definition) is 4. The van der Waals surface area contributed by atoms with E-state index in [-0.39, 0.29) is 11.5 Å². The van der Waals surface area contributed by atoms with Gasteiger partial charge in [-0.25, -0.2) is 0 Å². The van der Waals surface area contributed by atoms with Crippen molar-refractivity contribution in [2.75, 3.05) is 13.2 Å². The Hall–Kier alpha value is -1.97. The van der Waals surface area contributed by atoms with Crippen molar-refractivity contribution in [3.8, 4) is 11.5 Å². The van der Waals surface area contributed by atoms with Gasteiger partial charge in [-0.2, -0.15) is 0 Å². The van der Waals surface area contributed by atoms with Crippen molar-refractivity contribution in [3.63, 3.8) is 0 Å². The summed E-state index contributed by atoms with van der Waals surface area (Å²) < 4.78 is 11.7. The number of benzene rings is 1. The molecule has 1 aromatic rings. The van der Waals surface area contributed by atoms with Crippen molar-refractivity contribution in [1.82, 2.24) is 0 Å². The number of allylic oxidation sites excluding steroid dienone is 2. The van der Waals surface area contributed by atoms with E-state index in [4.69, 9.17) is 9.47 Å². The smallest absolute Gasteiger partial charge is 0.192 e. The summed E-state index contributed by atoms with van der Waals surface area (Å²) in [6, 6.07) is 3.64. The molecule has 1 N–H and O–H groups in total. The number of ether oxygens (including phenoxy) is 2. The first-order valence-corrected chi connectivity index (χ1v) is 8.87. The van der Waals surface area contributed by atoms with Crippen LogP contribution in [0.3, 0.4) is 0 Å². The van der Waals surface area contributed by atoms with E-state index < -0.39 is 0 Å². The van der Waals surface area contributed by atoms with Gasteiger partial charge in [0.15, 0.2) is 5.78 Å². The largest absolute Gasteiger partial charge is 0.512 e. The maximum atomic E-state index is 12.4. The lowest BCUT2D eigenvalue weighted by Crippen LogP contribution is -2.07. The van der Waals surface area contributed by atoms with Crippen LogP contribution in [0.5, 0.6) is 11.5 Å². The van der Waals surface area contributed by atoms with Gasteiger partial charge in [0.05, 0.1) is 24.5 Å². The number of carbonyl (C=O) groups is 1. The molecule has 134 valence electrons. The Morgan fingerprint density at radius 2 is 1.62 bits per heavy atom. The third kappa shape index (κ3) is 6.26. The van der Waals surface area contributed by atoms with Crippen LogP contribution in [0.25, 0.3) is 0 Å². The van der Waals surface area contributed by atoms with Crippen molar-refractivity contribution in [2.24, 2.45) is 0 Å². The van der Waals surface area contributed by atoms with Gasteiger partial charge in [-0.05, 0) is 37.8 Å². The van der Waals surface area contributed by atoms with Crippen LogP contribution in [0.4, 0.5) is 0 Å². The number of unbranched alkanes of at least 4 members (excludes halogenated alkanes) is 2. The fourth-order valence-corrected chi connectivity index (χ4v) is 2.25. The molecule has 1 rings (SSSR count). The molecular weight excluding hydrogens is 304 g/mol. The molecule has 4 nitrogen and oxygen atoms in total. The van der Waals surface area contributed by atoms with Gasteiger partial charge in [0.1, 0.15) is 11.5 Å². The van der Waals surface area contributed by atoms with E-state index in [1.165, 1.54) is 13.0 Å². The van der Waals surface area contributed by atoms with Crippen LogP contribution in [-0.2, 0) is 6.42 Å². The van der Waals surface area contributed by atoms with Gasteiger partial charge in [-0.15, -0.1) is 0 Å². The molecule has 0 heterocycles. The number of aryl methyl sites for hydroxylation is 1. The molecule has 0 saturated heterocycles. The SMILES string of the molecule is CCCCOc1cc(OCCCC)c(C(=O)/C=C(/C)O)cc1CC. The highest BCUT2D eigenvalue weighted by atomic mass is 16.5. The van der Waals surface area contributed by atoms with Crippen LogP contribution in [-0.4, -0.2) is 24.1 Å². The molecule has 0 spiro atoms. The molecule has 0 aliphatic heterocycles. The molecule has 24 heavy (non-hydrogen) atoms. The van der Waals surface area contributed by atoms with Gasteiger partial charge in [-0.1, -0.05) is 33.6 Å². The van der Waals surface area contributed by atoms with Gasteiger partial charge >= 0.3 is 0 Å². The second-order valence-corrected chi connectivity index (χ2v) is 5.86. The standard InChI is InChI=1S/C20H30O4/c1-5-8-10-23-19-14-20(24-11-9-6-2)17(13-16(19)7-3)18(22)12-15(4)21/h12-14,21H,5-11H2,1-4H3/b15-12-. The minimum absolute atomic E-state index is 0.0131. The lowest BCUT2D eigenvalue weighted by Gasteiger charge is -2.16. The van der Waals surface area contributed by atoms with Gasteiger partial charge in [0, 0.05) is 12.1 Å². The lowest BCUT2D eigenvalue weighted by molar-refractivity contribution is 0.103. The second kappa shape index (κ2) is 10.7. The number of hydrogen-bond donors (Lipinski definition) is 1. The molecule has 4 heteroatoms. The molecule has 0 saturated carbocycles. The van der Waals surface area contributed by atoms with Crippen LogP contribution in [0.2, 0.25) is 0 Å². The van der Waals surface area contributed by atoms with Gasteiger partial charge in [-0.3, -0.25) is 4.79 Å². The topological polar surface area (TPSA) is 55.8 Å². The Bertz CT molecular complexity index is 557. The Labute approximate surface area is 145 Å². The summed E-state index contributed by atoms with van der Waals surface area (Å²) in [5.74, 6) is 1.03. The molecule has 0 atom stereocenters. The average molecular weight is 334 g/mol. The minimum Gasteiger partial charge on any atom is -0.512 e. The van der Waals surface area contributed by atoms with Gasteiger partial charge < -0.3 is 14.6 Å². The summed E-state index contributed by atoms with van der Waals surface area (Å²) in [6.45, 7) is 8.93. The summed E-state index contributed by atoms with van der Waals surface area (Å²) in [5.41, 5.74) is 1.44. The minimum atomic E-state index is -0.253. The molecule has 0 bridgehead atoms. The number of ketones is 1. The zero-order chi connectivity index (χ0) is 17.9. The normalized spacial score (nSPS) is 11.4. The number of rotatable bonds is 11. The van der Waals surface area contributed by atoms with Crippen LogP contribution in [0, 0.1) is 0 Å². The maximum Gasteiger partial charge on any atom is 0.192 e. The summed E-state index contributed by atoms with van der Waals surface area (Å²) >= 11 is 0. The fraction of sp³-hybridized carbons (Fsp3) is 0.550. The Morgan fingerprint density at radius 3 is 2.12 bits per heavy atom. The molecule has 1 aromatic carbocycles. The summed E-state index contributed by atoms with van der Waals surface area (Å²) in [4.78, 5) is 12.4. The third-order valence-corrected chi connectivity index (χ3v) is 3.66. The first-order chi connectivity index (χ1) is 11.5. The quantitative estimate of drug-likeness (QED) is 0.260. The van der Waals surface area contributed by atoms with E-state index in [9.17, 15) is 9.90 Å². The van der Waals surface area contributed by atoms with Crippen molar-refractivity contribution < 1.29 is 19.4 Å². The summed E-state index contributed by atoms with van der Waals surface area (Å²) in [7, 11) is 0. The van der Waals surface area contributed by atoms with Crippen molar-refractivity contribution >= 4 is 5.78 Å². The monoisotopic (exact) mass is 334 g/mol. The zero-order valence-corrected chi connectivity index (χ0v) is 15.4. The van der Waals surface area contributed by atoms with Gasteiger partial charge in [0.2, 0.25) is 0 Å². The Balaban J connectivity index is 3.17. The predicted octanol–water partition coefficient (Wildman–Crippen LogP) is 5.25. The zero-order valence-electron chi connectivity index (χ0n) is 15.4. The molecular formula is C20H30O4. The number of aliphatic hydroxyl groups excluding tert-OH is 1. The van der Waals surface area contributed by atoms with E-state index in [0.717, 1.165) is 43.4 Å². The third-order valence-electron chi connectivity index (χ3n) is 3.66. The van der Waals surface area contributed by atoms with E-state index in [1.54, 1.807) is 0 Å². The predicted molar refractivity (Wildman–Crippen MR) is 97.3 cm³/mol. The van der Waals surface area contributed by atoms with Crippen LogP contribution >= 0.6 is 0 Å². The highest BCUT2D eigenvalue weighted by Gasteiger charge is 2.16. The average Bonchev–Trinajstić information content (AvgIpc) is 2.54. The second-order valence-electron chi connectivity index (χ2n) is 5.86.